The molecule has 0 spiro atoms. The molecule has 0 saturated carbocycles. The molecule has 0 fully saturated rings. The van der Waals surface area contributed by atoms with E-state index >= 15 is 0 Å². The fraction of sp³-hybridized carbons (Fsp3) is 0.333. The summed E-state index contributed by atoms with van der Waals surface area (Å²) < 4.78 is 0. The van der Waals surface area contributed by atoms with E-state index in [0.29, 0.717) is 5.92 Å². The Bertz CT molecular complexity index is 381. The second-order valence-electron chi connectivity index (χ2n) is 3.83. The van der Waals surface area contributed by atoms with Crippen LogP contribution in [0.25, 0.3) is 0 Å². The average Bonchev–Trinajstić information content (AvgIpc) is 2.30. The first-order chi connectivity index (χ1) is 7.27. The quantitative estimate of drug-likeness (QED) is 0.420. The first-order valence-corrected chi connectivity index (χ1v) is 5.17. The minimum Gasteiger partial charge on any atom is -0.258 e. The fourth-order valence-electron chi connectivity index (χ4n) is 1.96. The molecule has 0 radical (unpaired) electrons. The van der Waals surface area contributed by atoms with E-state index in [1.54, 1.807) is 12.1 Å². The van der Waals surface area contributed by atoms with E-state index in [-0.39, 0.29) is 10.6 Å². The normalized spacial score (nSPS) is 20.1. The summed E-state index contributed by atoms with van der Waals surface area (Å²) in [5.41, 5.74) is 1.38. The van der Waals surface area contributed by atoms with Gasteiger partial charge in [-0.15, -0.1) is 0 Å². The molecular formula is C12H13NO2. The number of rotatable bonds is 2. The lowest BCUT2D eigenvalue weighted by atomic mass is 9.88. The van der Waals surface area contributed by atoms with Crippen LogP contribution in [0.3, 0.4) is 0 Å². The van der Waals surface area contributed by atoms with Crippen LogP contribution in [0.4, 0.5) is 5.69 Å². The Morgan fingerprint density at radius 2 is 1.93 bits per heavy atom. The zero-order chi connectivity index (χ0) is 10.7. The molecule has 0 N–H and O–H groups in total. The molecule has 2 rings (SSSR count). The van der Waals surface area contributed by atoms with Gasteiger partial charge in [0.05, 0.1) is 4.92 Å². The molecule has 0 saturated heterocycles. The Balaban J connectivity index is 2.16. The Kier molecular flexibility index (Phi) is 2.81. The number of nitro benzene ring substituents is 1. The third-order valence-electron chi connectivity index (χ3n) is 2.84. The molecule has 0 aliphatic heterocycles. The van der Waals surface area contributed by atoms with Crippen LogP contribution in [0.2, 0.25) is 0 Å². The van der Waals surface area contributed by atoms with Crippen molar-refractivity contribution >= 4 is 5.69 Å². The Morgan fingerprint density at radius 3 is 2.47 bits per heavy atom. The third-order valence-corrected chi connectivity index (χ3v) is 2.84. The SMILES string of the molecule is O=[N+]([O-])c1ccc(C2CC=CCC2)cc1. The number of hydrogen-bond donors (Lipinski definition) is 0. The van der Waals surface area contributed by atoms with Gasteiger partial charge in [-0.2, -0.15) is 0 Å². The summed E-state index contributed by atoms with van der Waals surface area (Å²) in [4.78, 5) is 10.1. The second-order valence-corrected chi connectivity index (χ2v) is 3.83. The molecule has 1 aliphatic rings. The van der Waals surface area contributed by atoms with Crippen LogP contribution in [-0.4, -0.2) is 4.92 Å². The summed E-state index contributed by atoms with van der Waals surface area (Å²) in [6, 6.07) is 6.94. The van der Waals surface area contributed by atoms with Gasteiger partial charge in [0.15, 0.2) is 0 Å². The summed E-state index contributed by atoms with van der Waals surface area (Å²) in [5, 5.41) is 10.5. The minimum absolute atomic E-state index is 0.171. The topological polar surface area (TPSA) is 43.1 Å². The van der Waals surface area contributed by atoms with Crippen LogP contribution in [0.5, 0.6) is 0 Å². The fourth-order valence-corrected chi connectivity index (χ4v) is 1.96. The van der Waals surface area contributed by atoms with Gasteiger partial charge in [-0.3, -0.25) is 10.1 Å². The molecule has 3 heteroatoms. The second kappa shape index (κ2) is 4.26. The van der Waals surface area contributed by atoms with Crippen molar-refractivity contribution < 1.29 is 4.92 Å². The van der Waals surface area contributed by atoms with Crippen LogP contribution < -0.4 is 0 Å². The monoisotopic (exact) mass is 203 g/mol. The average molecular weight is 203 g/mol. The number of nitro groups is 1. The standard InChI is InChI=1S/C12H13NO2/c14-13(15)12-8-6-11(7-9-12)10-4-2-1-3-5-10/h1-2,6-10H,3-5H2. The summed E-state index contributed by atoms with van der Waals surface area (Å²) in [6.45, 7) is 0. The molecule has 1 unspecified atom stereocenters. The first-order valence-electron chi connectivity index (χ1n) is 5.17. The van der Waals surface area contributed by atoms with E-state index in [2.05, 4.69) is 12.2 Å². The summed E-state index contributed by atoms with van der Waals surface area (Å²) in [5.74, 6) is 0.538. The van der Waals surface area contributed by atoms with Crippen molar-refractivity contribution in [2.24, 2.45) is 0 Å². The molecule has 78 valence electrons. The van der Waals surface area contributed by atoms with E-state index in [4.69, 9.17) is 0 Å². The molecule has 0 aromatic heterocycles. The van der Waals surface area contributed by atoms with Crippen molar-refractivity contribution in [2.45, 2.75) is 25.2 Å². The molecular weight excluding hydrogens is 190 g/mol. The highest BCUT2D eigenvalue weighted by Gasteiger charge is 2.13. The number of hydrogen-bond acceptors (Lipinski definition) is 2. The maximum absolute atomic E-state index is 10.5. The van der Waals surface area contributed by atoms with Gasteiger partial charge < -0.3 is 0 Å². The number of non-ortho nitro benzene ring substituents is 1. The molecule has 0 bridgehead atoms. The van der Waals surface area contributed by atoms with Crippen LogP contribution in [0.1, 0.15) is 30.7 Å². The Morgan fingerprint density at radius 1 is 1.20 bits per heavy atom. The highest BCUT2D eigenvalue weighted by Crippen LogP contribution is 2.29. The van der Waals surface area contributed by atoms with E-state index in [1.165, 1.54) is 5.56 Å². The van der Waals surface area contributed by atoms with Crippen molar-refractivity contribution in [2.75, 3.05) is 0 Å². The molecule has 1 aliphatic carbocycles. The van der Waals surface area contributed by atoms with Crippen molar-refractivity contribution in [1.82, 2.24) is 0 Å². The summed E-state index contributed by atoms with van der Waals surface area (Å²) in [7, 11) is 0. The maximum Gasteiger partial charge on any atom is 0.269 e. The van der Waals surface area contributed by atoms with E-state index in [1.807, 2.05) is 12.1 Å². The lowest BCUT2D eigenvalue weighted by Gasteiger charge is -2.17. The van der Waals surface area contributed by atoms with Crippen molar-refractivity contribution in [1.29, 1.82) is 0 Å². The van der Waals surface area contributed by atoms with E-state index in [9.17, 15) is 10.1 Å². The van der Waals surface area contributed by atoms with Gasteiger partial charge >= 0.3 is 0 Å². The van der Waals surface area contributed by atoms with Gasteiger partial charge in [0, 0.05) is 12.1 Å². The van der Waals surface area contributed by atoms with Crippen molar-refractivity contribution in [3.05, 3.63) is 52.1 Å². The predicted molar refractivity (Wildman–Crippen MR) is 58.8 cm³/mol. The number of nitrogens with zero attached hydrogens (tertiary/aromatic N) is 1. The lowest BCUT2D eigenvalue weighted by molar-refractivity contribution is -0.384. The molecule has 1 aromatic carbocycles. The van der Waals surface area contributed by atoms with Gasteiger partial charge in [0.25, 0.3) is 5.69 Å². The van der Waals surface area contributed by atoms with Crippen LogP contribution in [0, 0.1) is 10.1 Å². The third kappa shape index (κ3) is 2.24. The zero-order valence-electron chi connectivity index (χ0n) is 8.43. The van der Waals surface area contributed by atoms with Gasteiger partial charge in [-0.25, -0.2) is 0 Å². The molecule has 1 aromatic rings. The molecule has 3 nitrogen and oxygen atoms in total. The first kappa shape index (κ1) is 9.90. The highest BCUT2D eigenvalue weighted by atomic mass is 16.6. The lowest BCUT2D eigenvalue weighted by Crippen LogP contribution is -2.00. The minimum atomic E-state index is -0.357. The number of allylic oxidation sites excluding steroid dienone is 2. The van der Waals surface area contributed by atoms with E-state index in [0.717, 1.165) is 19.3 Å². The summed E-state index contributed by atoms with van der Waals surface area (Å²) >= 11 is 0. The smallest absolute Gasteiger partial charge is 0.258 e. The maximum atomic E-state index is 10.5. The van der Waals surface area contributed by atoms with Crippen molar-refractivity contribution in [3.8, 4) is 0 Å². The molecule has 0 amide bonds. The van der Waals surface area contributed by atoms with Crippen LogP contribution in [-0.2, 0) is 0 Å². The van der Waals surface area contributed by atoms with Crippen molar-refractivity contribution in [3.63, 3.8) is 0 Å². The van der Waals surface area contributed by atoms with Crippen LogP contribution >= 0.6 is 0 Å². The van der Waals surface area contributed by atoms with Gasteiger partial charge in [-0.1, -0.05) is 24.3 Å². The summed E-state index contributed by atoms with van der Waals surface area (Å²) in [6.07, 6.45) is 7.70. The molecule has 0 heterocycles. The zero-order valence-corrected chi connectivity index (χ0v) is 8.43. The van der Waals surface area contributed by atoms with Crippen LogP contribution in [0.15, 0.2) is 36.4 Å². The predicted octanol–water partition coefficient (Wildman–Crippen LogP) is 3.42. The Labute approximate surface area is 88.6 Å². The van der Waals surface area contributed by atoms with Gasteiger partial charge in [0.1, 0.15) is 0 Å². The van der Waals surface area contributed by atoms with Gasteiger partial charge in [-0.05, 0) is 30.7 Å². The molecule has 1 atom stereocenters. The van der Waals surface area contributed by atoms with E-state index < -0.39 is 0 Å². The molecule has 15 heavy (non-hydrogen) atoms. The number of benzene rings is 1. The Hall–Kier alpha value is -1.64. The highest BCUT2D eigenvalue weighted by molar-refractivity contribution is 5.34. The largest absolute Gasteiger partial charge is 0.269 e. The van der Waals surface area contributed by atoms with Gasteiger partial charge in [0.2, 0.25) is 0 Å².